The maximum Gasteiger partial charge on any atom is 0.287 e. The van der Waals surface area contributed by atoms with Crippen LogP contribution in [-0.2, 0) is 0 Å². The van der Waals surface area contributed by atoms with E-state index in [0.717, 1.165) is 40.3 Å². The number of hydrogen-bond donors (Lipinski definition) is 1. The third kappa shape index (κ3) is 3.05. The molecule has 1 atom stereocenters. The fraction of sp³-hybridized carbons (Fsp3) is 0.353. The number of rotatable bonds is 3. The number of allylic oxidation sites excluding steroid dienone is 2. The predicted octanol–water partition coefficient (Wildman–Crippen LogP) is 4.59. The number of halogens is 1. The average Bonchev–Trinajstić information content (AvgIpc) is 2.83. The molecule has 0 spiro atoms. The van der Waals surface area contributed by atoms with Crippen molar-refractivity contribution < 1.29 is 9.21 Å². The highest BCUT2D eigenvalue weighted by Crippen LogP contribution is 2.28. The Labute approximate surface area is 132 Å². The second-order valence-electron chi connectivity index (χ2n) is 5.56. The smallest absolute Gasteiger partial charge is 0.287 e. The number of carbonyl (C=O) groups is 1. The molecule has 3 nitrogen and oxygen atoms in total. The summed E-state index contributed by atoms with van der Waals surface area (Å²) in [6, 6.07) is 5.79. The number of carbonyl (C=O) groups excluding carboxylic acids is 1. The molecule has 0 saturated carbocycles. The van der Waals surface area contributed by atoms with E-state index in [9.17, 15) is 4.79 Å². The van der Waals surface area contributed by atoms with Crippen LogP contribution < -0.4 is 5.32 Å². The number of aryl methyl sites for hydroxylation is 1. The molecule has 1 aromatic heterocycles. The largest absolute Gasteiger partial charge is 0.451 e. The first-order valence-corrected chi connectivity index (χ1v) is 8.06. The summed E-state index contributed by atoms with van der Waals surface area (Å²) in [5, 5.41) is 3.99. The zero-order valence-corrected chi connectivity index (χ0v) is 13.6. The van der Waals surface area contributed by atoms with Gasteiger partial charge in [0, 0.05) is 22.0 Å². The number of fused-ring (bicyclic) bond motifs is 1. The van der Waals surface area contributed by atoms with Crippen LogP contribution in [0.4, 0.5) is 0 Å². The van der Waals surface area contributed by atoms with E-state index in [2.05, 4.69) is 33.4 Å². The van der Waals surface area contributed by atoms with Gasteiger partial charge in [-0.25, -0.2) is 0 Å². The molecule has 110 valence electrons. The van der Waals surface area contributed by atoms with E-state index in [1.807, 2.05) is 25.1 Å². The number of benzene rings is 1. The van der Waals surface area contributed by atoms with E-state index in [0.29, 0.717) is 18.2 Å². The molecule has 1 aliphatic carbocycles. The van der Waals surface area contributed by atoms with Gasteiger partial charge in [-0.15, -0.1) is 0 Å². The summed E-state index contributed by atoms with van der Waals surface area (Å²) in [4.78, 5) is 12.3. The van der Waals surface area contributed by atoms with Crippen LogP contribution in [0.2, 0.25) is 0 Å². The van der Waals surface area contributed by atoms with Crippen LogP contribution >= 0.6 is 15.9 Å². The minimum atomic E-state index is -0.116. The molecule has 1 unspecified atom stereocenters. The van der Waals surface area contributed by atoms with Crippen LogP contribution in [0.5, 0.6) is 0 Å². The van der Waals surface area contributed by atoms with Crippen molar-refractivity contribution in [3.63, 3.8) is 0 Å². The highest BCUT2D eigenvalue weighted by molar-refractivity contribution is 9.10. The van der Waals surface area contributed by atoms with Crippen LogP contribution in [0, 0.1) is 12.8 Å². The van der Waals surface area contributed by atoms with Crippen LogP contribution in [0.15, 0.2) is 39.2 Å². The van der Waals surface area contributed by atoms with Crippen molar-refractivity contribution in [1.29, 1.82) is 0 Å². The second kappa shape index (κ2) is 6.06. The molecule has 4 heteroatoms. The van der Waals surface area contributed by atoms with Gasteiger partial charge in [0.15, 0.2) is 5.76 Å². The molecule has 0 bridgehead atoms. The molecule has 21 heavy (non-hydrogen) atoms. The second-order valence-corrected chi connectivity index (χ2v) is 6.47. The molecule has 0 radical (unpaired) electrons. The van der Waals surface area contributed by atoms with E-state index in [4.69, 9.17) is 4.42 Å². The first-order valence-electron chi connectivity index (χ1n) is 7.27. The molecule has 1 amide bonds. The van der Waals surface area contributed by atoms with Gasteiger partial charge < -0.3 is 9.73 Å². The van der Waals surface area contributed by atoms with Crippen molar-refractivity contribution >= 4 is 32.8 Å². The van der Waals surface area contributed by atoms with Gasteiger partial charge in [0.2, 0.25) is 0 Å². The van der Waals surface area contributed by atoms with Gasteiger partial charge in [-0.2, -0.15) is 0 Å². The zero-order chi connectivity index (χ0) is 14.8. The van der Waals surface area contributed by atoms with E-state index < -0.39 is 0 Å². The summed E-state index contributed by atoms with van der Waals surface area (Å²) >= 11 is 3.45. The Balaban J connectivity index is 1.75. The van der Waals surface area contributed by atoms with Crippen molar-refractivity contribution in [1.82, 2.24) is 5.32 Å². The fourth-order valence-electron chi connectivity index (χ4n) is 2.77. The molecule has 1 N–H and O–H groups in total. The summed E-state index contributed by atoms with van der Waals surface area (Å²) in [5.74, 6) is 0.849. The van der Waals surface area contributed by atoms with Crippen molar-refractivity contribution in [3.05, 3.63) is 46.1 Å². The monoisotopic (exact) mass is 347 g/mol. The molecule has 0 saturated heterocycles. The Morgan fingerprint density at radius 2 is 2.29 bits per heavy atom. The molecule has 2 aromatic rings. The molecular weight excluding hydrogens is 330 g/mol. The van der Waals surface area contributed by atoms with E-state index in [-0.39, 0.29) is 5.91 Å². The molecule has 3 rings (SSSR count). The van der Waals surface area contributed by atoms with Gasteiger partial charge in [-0.05, 0) is 50.3 Å². The average molecular weight is 348 g/mol. The van der Waals surface area contributed by atoms with Gasteiger partial charge >= 0.3 is 0 Å². The topological polar surface area (TPSA) is 42.2 Å². The predicted molar refractivity (Wildman–Crippen MR) is 87.5 cm³/mol. The lowest BCUT2D eigenvalue weighted by atomic mass is 9.94. The molecule has 1 heterocycles. The summed E-state index contributed by atoms with van der Waals surface area (Å²) < 4.78 is 6.69. The third-order valence-corrected chi connectivity index (χ3v) is 4.53. The number of furan rings is 1. The minimum Gasteiger partial charge on any atom is -0.451 e. The van der Waals surface area contributed by atoms with Crippen molar-refractivity contribution in [2.24, 2.45) is 5.92 Å². The van der Waals surface area contributed by atoms with E-state index in [1.165, 1.54) is 0 Å². The Morgan fingerprint density at radius 1 is 1.43 bits per heavy atom. The first-order chi connectivity index (χ1) is 10.1. The van der Waals surface area contributed by atoms with Crippen molar-refractivity contribution in [2.45, 2.75) is 26.2 Å². The third-order valence-electron chi connectivity index (χ3n) is 4.03. The lowest BCUT2D eigenvalue weighted by molar-refractivity contribution is 0.0920. The van der Waals surface area contributed by atoms with Crippen molar-refractivity contribution in [2.75, 3.05) is 6.54 Å². The van der Waals surface area contributed by atoms with Crippen molar-refractivity contribution in [3.8, 4) is 0 Å². The summed E-state index contributed by atoms with van der Waals surface area (Å²) in [5.41, 5.74) is 1.65. The SMILES string of the molecule is Cc1c(C(=O)NCC2CC=CCC2)oc2ccc(Br)cc12. The quantitative estimate of drug-likeness (QED) is 0.825. The van der Waals surface area contributed by atoms with E-state index in [1.54, 1.807) is 0 Å². The van der Waals surface area contributed by atoms with Gasteiger partial charge in [-0.1, -0.05) is 28.1 Å². The summed E-state index contributed by atoms with van der Waals surface area (Å²) in [6.45, 7) is 2.64. The zero-order valence-electron chi connectivity index (χ0n) is 12.0. The van der Waals surface area contributed by atoms with Crippen LogP contribution in [0.25, 0.3) is 11.0 Å². The Morgan fingerprint density at radius 3 is 3.05 bits per heavy atom. The first kappa shape index (κ1) is 14.4. The van der Waals surface area contributed by atoms with Crippen LogP contribution in [0.1, 0.15) is 35.4 Å². The summed E-state index contributed by atoms with van der Waals surface area (Å²) in [7, 11) is 0. The Hall–Kier alpha value is -1.55. The highest BCUT2D eigenvalue weighted by atomic mass is 79.9. The molecule has 1 aromatic carbocycles. The maximum atomic E-state index is 12.3. The van der Waals surface area contributed by atoms with Gasteiger partial charge in [0.25, 0.3) is 5.91 Å². The number of amides is 1. The van der Waals surface area contributed by atoms with Gasteiger partial charge in [-0.3, -0.25) is 4.79 Å². The van der Waals surface area contributed by atoms with Crippen LogP contribution in [-0.4, -0.2) is 12.5 Å². The standard InChI is InChI=1S/C17H18BrNO2/c1-11-14-9-13(18)7-8-15(14)21-16(11)17(20)19-10-12-5-3-2-4-6-12/h2-3,7-9,12H,4-6,10H2,1H3,(H,19,20). The lowest BCUT2D eigenvalue weighted by Crippen LogP contribution is -2.29. The lowest BCUT2D eigenvalue weighted by Gasteiger charge is -2.17. The molecule has 0 fully saturated rings. The highest BCUT2D eigenvalue weighted by Gasteiger charge is 2.19. The Bertz CT molecular complexity index is 702. The van der Waals surface area contributed by atoms with Gasteiger partial charge in [0.05, 0.1) is 0 Å². The fourth-order valence-corrected chi connectivity index (χ4v) is 3.13. The molecule has 0 aliphatic heterocycles. The normalized spacial score (nSPS) is 18.1. The summed E-state index contributed by atoms with van der Waals surface area (Å²) in [6.07, 6.45) is 7.71. The van der Waals surface area contributed by atoms with Gasteiger partial charge in [0.1, 0.15) is 5.58 Å². The number of hydrogen-bond acceptors (Lipinski definition) is 2. The Kier molecular flexibility index (Phi) is 4.15. The van der Waals surface area contributed by atoms with E-state index >= 15 is 0 Å². The maximum absolute atomic E-state index is 12.3. The molecule has 1 aliphatic rings. The molecular formula is C17H18BrNO2. The number of nitrogens with one attached hydrogen (secondary N) is 1. The van der Waals surface area contributed by atoms with Crippen LogP contribution in [0.3, 0.4) is 0 Å². The minimum absolute atomic E-state index is 0.116.